The molecule has 100 valence electrons. The van der Waals surface area contributed by atoms with Crippen molar-refractivity contribution in [2.75, 3.05) is 0 Å². The summed E-state index contributed by atoms with van der Waals surface area (Å²) in [5.41, 5.74) is -0.192. The molecule has 3 nitrogen and oxygen atoms in total. The molecule has 1 aromatic carbocycles. The summed E-state index contributed by atoms with van der Waals surface area (Å²) in [5, 5.41) is 18.4. The Morgan fingerprint density at radius 3 is 2.22 bits per heavy atom. The van der Waals surface area contributed by atoms with Gasteiger partial charge in [0.15, 0.2) is 0 Å². The second kappa shape index (κ2) is 5.03. The van der Waals surface area contributed by atoms with Crippen LogP contribution in [0, 0.1) is 5.82 Å². The Balaban J connectivity index is 3.17. The zero-order valence-corrected chi connectivity index (χ0v) is 12.5. The van der Waals surface area contributed by atoms with E-state index in [1.54, 1.807) is 6.07 Å². The van der Waals surface area contributed by atoms with Crippen molar-refractivity contribution in [1.82, 2.24) is 0 Å². The third kappa shape index (κ3) is 3.13. The van der Waals surface area contributed by atoms with Gasteiger partial charge in [-0.25, -0.2) is 4.39 Å². The van der Waals surface area contributed by atoms with Gasteiger partial charge in [-0.2, -0.15) is 0 Å². The molecule has 0 bridgehead atoms. The van der Waals surface area contributed by atoms with Gasteiger partial charge in [0.1, 0.15) is 11.6 Å². The second-order valence-corrected chi connectivity index (χ2v) is 10.6. The predicted octanol–water partition coefficient (Wildman–Crippen LogP) is 1.89. The van der Waals surface area contributed by atoms with Gasteiger partial charge < -0.3 is 14.5 Å². The van der Waals surface area contributed by atoms with Gasteiger partial charge in [-0.15, -0.1) is 0 Å². The van der Waals surface area contributed by atoms with Crippen molar-refractivity contribution < 1.29 is 18.9 Å². The first-order chi connectivity index (χ1) is 8.06. The maximum Gasteiger partial charge on any atom is 0.495 e. The summed E-state index contributed by atoms with van der Waals surface area (Å²) < 4.78 is 19.5. The molecule has 0 fully saturated rings. The molecule has 0 spiro atoms. The standard InChI is InChI=1S/C12H20BFO3Si/c1-12(2,3)18(4,5)17-10-8-6-7-9(14)11(10)13(15)16/h6-8,15-16H,1-5H3. The van der Waals surface area contributed by atoms with Crippen molar-refractivity contribution in [3.05, 3.63) is 24.0 Å². The zero-order chi connectivity index (χ0) is 14.1. The fourth-order valence-corrected chi connectivity index (χ4v) is 2.32. The van der Waals surface area contributed by atoms with E-state index in [0.29, 0.717) is 0 Å². The van der Waals surface area contributed by atoms with Gasteiger partial charge in [0.2, 0.25) is 8.32 Å². The van der Waals surface area contributed by atoms with Crippen molar-refractivity contribution >= 4 is 20.9 Å². The predicted molar refractivity (Wildman–Crippen MR) is 74.1 cm³/mol. The number of hydrogen-bond acceptors (Lipinski definition) is 3. The Hall–Kier alpha value is -0.848. The van der Waals surface area contributed by atoms with Gasteiger partial charge in [0.05, 0.1) is 5.46 Å². The van der Waals surface area contributed by atoms with E-state index in [0.717, 1.165) is 0 Å². The van der Waals surface area contributed by atoms with Crippen LogP contribution in [0.5, 0.6) is 5.75 Å². The van der Waals surface area contributed by atoms with Crippen LogP contribution >= 0.6 is 0 Å². The third-order valence-corrected chi connectivity index (χ3v) is 7.79. The van der Waals surface area contributed by atoms with Crippen molar-refractivity contribution in [2.24, 2.45) is 0 Å². The van der Waals surface area contributed by atoms with E-state index in [1.165, 1.54) is 12.1 Å². The van der Waals surface area contributed by atoms with E-state index in [9.17, 15) is 14.4 Å². The quantitative estimate of drug-likeness (QED) is 0.825. The van der Waals surface area contributed by atoms with E-state index in [2.05, 4.69) is 20.8 Å². The average Bonchev–Trinajstić information content (AvgIpc) is 2.14. The topological polar surface area (TPSA) is 49.7 Å². The lowest BCUT2D eigenvalue weighted by atomic mass is 9.79. The number of benzene rings is 1. The Morgan fingerprint density at radius 1 is 1.22 bits per heavy atom. The van der Waals surface area contributed by atoms with Gasteiger partial charge in [0, 0.05) is 0 Å². The monoisotopic (exact) mass is 270 g/mol. The normalized spacial score (nSPS) is 12.4. The van der Waals surface area contributed by atoms with Crippen molar-refractivity contribution in [3.8, 4) is 5.75 Å². The van der Waals surface area contributed by atoms with Crippen LogP contribution in [0.25, 0.3) is 0 Å². The molecule has 18 heavy (non-hydrogen) atoms. The van der Waals surface area contributed by atoms with Crippen molar-refractivity contribution in [3.63, 3.8) is 0 Å². The molecule has 0 aliphatic heterocycles. The Bertz CT molecular complexity index is 430. The average molecular weight is 270 g/mol. The van der Waals surface area contributed by atoms with Crippen LogP contribution in [0.4, 0.5) is 4.39 Å². The van der Waals surface area contributed by atoms with Crippen LogP contribution in [0.2, 0.25) is 18.1 Å². The first kappa shape index (κ1) is 15.2. The highest BCUT2D eigenvalue weighted by Gasteiger charge is 2.40. The minimum Gasteiger partial charge on any atom is -0.544 e. The highest BCUT2D eigenvalue weighted by Crippen LogP contribution is 2.37. The van der Waals surface area contributed by atoms with Gasteiger partial charge in [-0.05, 0) is 30.3 Å². The summed E-state index contributed by atoms with van der Waals surface area (Å²) >= 11 is 0. The summed E-state index contributed by atoms with van der Waals surface area (Å²) in [6.07, 6.45) is 0. The maximum atomic E-state index is 13.6. The number of halogens is 1. The van der Waals surface area contributed by atoms with Crippen LogP contribution in [-0.2, 0) is 0 Å². The van der Waals surface area contributed by atoms with Gasteiger partial charge in [-0.1, -0.05) is 26.8 Å². The highest BCUT2D eigenvalue weighted by molar-refractivity contribution is 6.75. The third-order valence-electron chi connectivity index (χ3n) is 3.44. The minimum absolute atomic E-state index is 0.0446. The largest absolute Gasteiger partial charge is 0.544 e. The summed E-state index contributed by atoms with van der Waals surface area (Å²) in [5.74, 6) is -0.446. The summed E-state index contributed by atoms with van der Waals surface area (Å²) in [6, 6.07) is 4.26. The summed E-state index contributed by atoms with van der Waals surface area (Å²) in [7, 11) is -4.00. The van der Waals surface area contributed by atoms with Crippen LogP contribution < -0.4 is 9.89 Å². The fraction of sp³-hybridized carbons (Fsp3) is 0.500. The number of hydrogen-bond donors (Lipinski definition) is 2. The number of rotatable bonds is 3. The first-order valence-electron chi connectivity index (χ1n) is 5.90. The molecule has 0 unspecified atom stereocenters. The van der Waals surface area contributed by atoms with Crippen LogP contribution in [0.15, 0.2) is 18.2 Å². The molecule has 2 N–H and O–H groups in total. The molecule has 0 radical (unpaired) electrons. The van der Waals surface area contributed by atoms with Crippen LogP contribution in [0.3, 0.4) is 0 Å². The molecular formula is C12H20BFO3Si. The molecule has 0 aromatic heterocycles. The molecule has 0 saturated carbocycles. The van der Waals surface area contributed by atoms with Gasteiger partial charge in [0.25, 0.3) is 0 Å². The molecule has 1 rings (SSSR count). The zero-order valence-electron chi connectivity index (χ0n) is 11.5. The molecule has 0 amide bonds. The molecule has 0 atom stereocenters. The van der Waals surface area contributed by atoms with E-state index in [-0.39, 0.29) is 16.3 Å². The molecule has 6 heteroatoms. The summed E-state index contributed by atoms with van der Waals surface area (Å²) in [6.45, 7) is 10.2. The van der Waals surface area contributed by atoms with Crippen molar-refractivity contribution in [2.45, 2.75) is 38.9 Å². The molecular weight excluding hydrogens is 250 g/mol. The first-order valence-corrected chi connectivity index (χ1v) is 8.80. The molecule has 0 aliphatic rings. The Kier molecular flexibility index (Phi) is 4.25. The molecule has 0 aliphatic carbocycles. The second-order valence-electron chi connectivity index (χ2n) is 5.89. The minimum atomic E-state index is -2.13. The Morgan fingerprint density at radius 2 is 1.78 bits per heavy atom. The lowest BCUT2D eigenvalue weighted by molar-refractivity contribution is 0.418. The SMILES string of the molecule is CC(C)(C)[Si](C)(C)Oc1cccc(F)c1B(O)O. The molecule has 0 saturated heterocycles. The van der Waals surface area contributed by atoms with Crippen LogP contribution in [0.1, 0.15) is 20.8 Å². The van der Waals surface area contributed by atoms with E-state index in [4.69, 9.17) is 4.43 Å². The smallest absolute Gasteiger partial charge is 0.495 e. The van der Waals surface area contributed by atoms with Crippen molar-refractivity contribution in [1.29, 1.82) is 0 Å². The Labute approximate surface area is 109 Å². The molecule has 1 aromatic rings. The van der Waals surface area contributed by atoms with E-state index >= 15 is 0 Å². The summed E-state index contributed by atoms with van der Waals surface area (Å²) in [4.78, 5) is 0. The van der Waals surface area contributed by atoms with Gasteiger partial charge in [-0.3, -0.25) is 0 Å². The lowest BCUT2D eigenvalue weighted by Gasteiger charge is -2.37. The highest BCUT2D eigenvalue weighted by atomic mass is 28.4. The maximum absolute atomic E-state index is 13.6. The fourth-order valence-electron chi connectivity index (χ4n) is 1.28. The van der Waals surface area contributed by atoms with Crippen LogP contribution in [-0.4, -0.2) is 25.5 Å². The lowest BCUT2D eigenvalue weighted by Crippen LogP contribution is -2.46. The van der Waals surface area contributed by atoms with E-state index in [1.807, 2.05) is 13.1 Å². The molecule has 0 heterocycles. The van der Waals surface area contributed by atoms with E-state index < -0.39 is 21.3 Å². The van der Waals surface area contributed by atoms with Gasteiger partial charge >= 0.3 is 7.12 Å².